The highest BCUT2D eigenvalue weighted by Gasteiger charge is 2.27. The molecule has 0 amide bonds. The fourth-order valence-electron chi connectivity index (χ4n) is 1.52. The molecule has 1 rings (SSSR count). The Labute approximate surface area is 75.9 Å². The standard InChI is InChI=1S/C9H12O4/c10-7-2-3-8(11)6(5-7)1-4-9(12)13/h6H,1-5H2,(H,12,13). The molecule has 1 saturated carbocycles. The van der Waals surface area contributed by atoms with E-state index >= 15 is 0 Å². The maximum Gasteiger partial charge on any atom is 0.303 e. The fourth-order valence-corrected chi connectivity index (χ4v) is 1.52. The minimum Gasteiger partial charge on any atom is -0.481 e. The van der Waals surface area contributed by atoms with Crippen LogP contribution in [0, 0.1) is 5.92 Å². The molecular formula is C9H12O4. The predicted molar refractivity (Wildman–Crippen MR) is 44.2 cm³/mol. The first-order valence-electron chi connectivity index (χ1n) is 4.36. The third-order valence-corrected chi connectivity index (χ3v) is 2.29. The van der Waals surface area contributed by atoms with Crippen molar-refractivity contribution in [2.75, 3.05) is 0 Å². The third-order valence-electron chi connectivity index (χ3n) is 2.29. The molecule has 0 saturated heterocycles. The number of carbonyl (C=O) groups excluding carboxylic acids is 2. The Kier molecular flexibility index (Phi) is 3.17. The van der Waals surface area contributed by atoms with Crippen molar-refractivity contribution in [1.82, 2.24) is 0 Å². The Balaban J connectivity index is 2.42. The number of carboxylic acids is 1. The zero-order chi connectivity index (χ0) is 9.84. The molecule has 0 aromatic heterocycles. The van der Waals surface area contributed by atoms with Crippen molar-refractivity contribution < 1.29 is 19.5 Å². The van der Waals surface area contributed by atoms with Crippen molar-refractivity contribution in [3.05, 3.63) is 0 Å². The quantitative estimate of drug-likeness (QED) is 0.703. The first kappa shape index (κ1) is 9.89. The van der Waals surface area contributed by atoms with Crippen molar-refractivity contribution >= 4 is 17.5 Å². The third kappa shape index (κ3) is 2.97. The number of hydrogen-bond donors (Lipinski definition) is 1. The van der Waals surface area contributed by atoms with Gasteiger partial charge in [-0.05, 0) is 6.42 Å². The largest absolute Gasteiger partial charge is 0.481 e. The average molecular weight is 184 g/mol. The van der Waals surface area contributed by atoms with E-state index in [4.69, 9.17) is 5.11 Å². The summed E-state index contributed by atoms with van der Waals surface area (Å²) < 4.78 is 0. The van der Waals surface area contributed by atoms with E-state index in [0.717, 1.165) is 0 Å². The van der Waals surface area contributed by atoms with Gasteiger partial charge in [-0.25, -0.2) is 0 Å². The molecule has 4 nitrogen and oxygen atoms in total. The van der Waals surface area contributed by atoms with Crippen LogP contribution in [0.15, 0.2) is 0 Å². The van der Waals surface area contributed by atoms with Gasteiger partial charge in [-0.3, -0.25) is 14.4 Å². The molecule has 1 unspecified atom stereocenters. The van der Waals surface area contributed by atoms with Gasteiger partial charge in [0.15, 0.2) is 0 Å². The summed E-state index contributed by atoms with van der Waals surface area (Å²) in [6, 6.07) is 0. The average Bonchev–Trinajstić information content (AvgIpc) is 2.06. The summed E-state index contributed by atoms with van der Waals surface area (Å²) in [7, 11) is 0. The molecule has 0 aromatic carbocycles. The zero-order valence-corrected chi connectivity index (χ0v) is 7.28. The molecule has 1 fully saturated rings. The van der Waals surface area contributed by atoms with E-state index in [1.807, 2.05) is 0 Å². The van der Waals surface area contributed by atoms with Crippen molar-refractivity contribution in [3.8, 4) is 0 Å². The highest BCUT2D eigenvalue weighted by Crippen LogP contribution is 2.22. The molecule has 72 valence electrons. The van der Waals surface area contributed by atoms with Crippen molar-refractivity contribution in [3.63, 3.8) is 0 Å². The van der Waals surface area contributed by atoms with Crippen LogP contribution in [-0.4, -0.2) is 22.6 Å². The van der Waals surface area contributed by atoms with Gasteiger partial charge in [0.1, 0.15) is 11.6 Å². The Morgan fingerprint density at radius 1 is 1.38 bits per heavy atom. The zero-order valence-electron chi connectivity index (χ0n) is 7.28. The number of Topliss-reactive ketones (excluding diaryl/α,β-unsaturated/α-hetero) is 2. The maximum atomic E-state index is 11.2. The lowest BCUT2D eigenvalue weighted by atomic mass is 9.84. The maximum absolute atomic E-state index is 11.2. The number of hydrogen-bond acceptors (Lipinski definition) is 3. The first-order chi connectivity index (χ1) is 6.09. The second kappa shape index (κ2) is 4.16. The second-order valence-corrected chi connectivity index (χ2v) is 3.34. The van der Waals surface area contributed by atoms with Gasteiger partial charge in [0.05, 0.1) is 0 Å². The predicted octanol–water partition coefficient (Wildman–Crippen LogP) is 0.790. The van der Waals surface area contributed by atoms with Gasteiger partial charge in [0, 0.05) is 31.6 Å². The molecule has 13 heavy (non-hydrogen) atoms. The molecule has 0 aliphatic heterocycles. The van der Waals surface area contributed by atoms with Crippen LogP contribution < -0.4 is 0 Å². The molecule has 1 aliphatic rings. The van der Waals surface area contributed by atoms with E-state index in [1.165, 1.54) is 0 Å². The van der Waals surface area contributed by atoms with Crippen LogP contribution in [-0.2, 0) is 14.4 Å². The van der Waals surface area contributed by atoms with Crippen LogP contribution in [0.5, 0.6) is 0 Å². The van der Waals surface area contributed by atoms with Gasteiger partial charge in [-0.15, -0.1) is 0 Å². The molecule has 0 aromatic rings. The van der Waals surface area contributed by atoms with E-state index in [0.29, 0.717) is 19.3 Å². The topological polar surface area (TPSA) is 71.4 Å². The number of carbonyl (C=O) groups is 3. The lowest BCUT2D eigenvalue weighted by Gasteiger charge is -2.18. The van der Waals surface area contributed by atoms with Gasteiger partial charge in [-0.1, -0.05) is 0 Å². The van der Waals surface area contributed by atoms with Crippen LogP contribution in [0.2, 0.25) is 0 Å². The fraction of sp³-hybridized carbons (Fsp3) is 0.667. The lowest BCUT2D eigenvalue weighted by Crippen LogP contribution is -2.25. The summed E-state index contributed by atoms with van der Waals surface area (Å²) in [5, 5.41) is 8.40. The number of rotatable bonds is 3. The van der Waals surface area contributed by atoms with Crippen LogP contribution in [0.25, 0.3) is 0 Å². The van der Waals surface area contributed by atoms with Crippen molar-refractivity contribution in [2.45, 2.75) is 32.1 Å². The molecule has 0 spiro atoms. The van der Waals surface area contributed by atoms with Crippen molar-refractivity contribution in [2.24, 2.45) is 5.92 Å². The van der Waals surface area contributed by atoms with Gasteiger partial charge >= 0.3 is 5.97 Å². The summed E-state index contributed by atoms with van der Waals surface area (Å²) in [5.74, 6) is -1.13. The molecule has 0 radical (unpaired) electrons. The minimum atomic E-state index is -0.911. The second-order valence-electron chi connectivity index (χ2n) is 3.34. The molecule has 0 bridgehead atoms. The Hall–Kier alpha value is -1.19. The smallest absolute Gasteiger partial charge is 0.303 e. The summed E-state index contributed by atoms with van der Waals surface area (Å²) in [6.07, 6.45) is 1.15. The molecular weight excluding hydrogens is 172 g/mol. The normalized spacial score (nSPS) is 23.2. The molecule has 4 heteroatoms. The summed E-state index contributed by atoms with van der Waals surface area (Å²) in [4.78, 5) is 32.4. The van der Waals surface area contributed by atoms with Gasteiger partial charge < -0.3 is 5.11 Å². The Morgan fingerprint density at radius 3 is 2.69 bits per heavy atom. The number of aliphatic carboxylic acids is 1. The number of carboxylic acid groups (broad SMARTS) is 1. The summed E-state index contributed by atoms with van der Waals surface area (Å²) in [5.41, 5.74) is 0. The lowest BCUT2D eigenvalue weighted by molar-refractivity contribution is -0.138. The Bertz CT molecular complexity index is 244. The van der Waals surface area contributed by atoms with Gasteiger partial charge in [-0.2, -0.15) is 0 Å². The molecule has 1 atom stereocenters. The van der Waals surface area contributed by atoms with Gasteiger partial charge in [0.2, 0.25) is 0 Å². The minimum absolute atomic E-state index is 0.0241. The van der Waals surface area contributed by atoms with Crippen LogP contribution in [0.4, 0.5) is 0 Å². The molecule has 0 heterocycles. The van der Waals surface area contributed by atoms with E-state index in [-0.39, 0.29) is 30.3 Å². The highest BCUT2D eigenvalue weighted by molar-refractivity contribution is 5.94. The monoisotopic (exact) mass is 184 g/mol. The highest BCUT2D eigenvalue weighted by atomic mass is 16.4. The van der Waals surface area contributed by atoms with Crippen LogP contribution >= 0.6 is 0 Å². The molecule has 1 N–H and O–H groups in total. The summed E-state index contributed by atoms with van der Waals surface area (Å²) in [6.45, 7) is 0. The SMILES string of the molecule is O=C(O)CCC1CC(=O)CCC1=O. The van der Waals surface area contributed by atoms with E-state index in [9.17, 15) is 14.4 Å². The first-order valence-corrected chi connectivity index (χ1v) is 4.36. The van der Waals surface area contributed by atoms with Gasteiger partial charge in [0.25, 0.3) is 0 Å². The van der Waals surface area contributed by atoms with Crippen LogP contribution in [0.1, 0.15) is 32.1 Å². The molecule has 1 aliphatic carbocycles. The van der Waals surface area contributed by atoms with Crippen LogP contribution in [0.3, 0.4) is 0 Å². The number of ketones is 2. The Morgan fingerprint density at radius 2 is 2.08 bits per heavy atom. The van der Waals surface area contributed by atoms with E-state index in [1.54, 1.807) is 0 Å². The van der Waals surface area contributed by atoms with Crippen molar-refractivity contribution in [1.29, 1.82) is 0 Å². The summed E-state index contributed by atoms with van der Waals surface area (Å²) >= 11 is 0. The van der Waals surface area contributed by atoms with E-state index in [2.05, 4.69) is 0 Å². The van der Waals surface area contributed by atoms with E-state index < -0.39 is 5.97 Å².